The zero-order valence-corrected chi connectivity index (χ0v) is 11.8. The lowest BCUT2D eigenvalue weighted by Gasteiger charge is -2.22. The molecule has 0 amide bonds. The quantitative estimate of drug-likeness (QED) is 0.801. The van der Waals surface area contributed by atoms with Crippen LogP contribution in [0.15, 0.2) is 24.5 Å². The van der Waals surface area contributed by atoms with E-state index < -0.39 is 0 Å². The fourth-order valence-corrected chi connectivity index (χ4v) is 2.69. The van der Waals surface area contributed by atoms with Gasteiger partial charge in [-0.15, -0.1) is 0 Å². The van der Waals surface area contributed by atoms with Gasteiger partial charge in [0, 0.05) is 30.0 Å². The summed E-state index contributed by atoms with van der Waals surface area (Å²) >= 11 is 6.02. The van der Waals surface area contributed by atoms with Crippen molar-refractivity contribution in [2.24, 2.45) is 0 Å². The van der Waals surface area contributed by atoms with Crippen LogP contribution in [-0.4, -0.2) is 48.1 Å². The molecule has 1 fully saturated rings. The minimum Gasteiger partial charge on any atom is -0.355 e. The van der Waals surface area contributed by atoms with Crippen molar-refractivity contribution in [3.8, 4) is 0 Å². The third kappa shape index (κ3) is 2.65. The molecule has 1 aliphatic rings. The number of anilines is 1. The van der Waals surface area contributed by atoms with Crippen molar-refractivity contribution < 1.29 is 0 Å². The van der Waals surface area contributed by atoms with E-state index in [4.69, 9.17) is 11.6 Å². The molecule has 0 spiro atoms. The molecule has 0 unspecified atom stereocenters. The third-order valence-corrected chi connectivity index (χ3v) is 3.83. The standard InChI is InChI=1S/C14H17ClN4/c1-18-5-2-6-19(8-7-18)14-12-4-3-11(15)9-13(12)16-10-17-14/h3-4,9-10H,2,5-8H2,1H3. The molecule has 1 aromatic heterocycles. The average molecular weight is 277 g/mol. The normalized spacial score (nSPS) is 17.7. The highest BCUT2D eigenvalue weighted by atomic mass is 35.5. The molecular weight excluding hydrogens is 260 g/mol. The van der Waals surface area contributed by atoms with E-state index in [0.717, 1.165) is 49.3 Å². The second-order valence-electron chi connectivity index (χ2n) is 5.00. The summed E-state index contributed by atoms with van der Waals surface area (Å²) in [5, 5.41) is 1.80. The molecule has 0 aliphatic carbocycles. The molecule has 2 aromatic rings. The Balaban J connectivity index is 2.00. The van der Waals surface area contributed by atoms with Crippen molar-refractivity contribution >= 4 is 28.3 Å². The number of benzene rings is 1. The first-order chi connectivity index (χ1) is 9.24. The number of hydrogen-bond donors (Lipinski definition) is 0. The van der Waals surface area contributed by atoms with Gasteiger partial charge < -0.3 is 9.80 Å². The summed E-state index contributed by atoms with van der Waals surface area (Å²) in [6.07, 6.45) is 2.79. The van der Waals surface area contributed by atoms with Crippen molar-refractivity contribution in [1.82, 2.24) is 14.9 Å². The van der Waals surface area contributed by atoms with Gasteiger partial charge in [0.1, 0.15) is 12.1 Å². The number of aromatic nitrogens is 2. The van der Waals surface area contributed by atoms with Gasteiger partial charge in [-0.25, -0.2) is 9.97 Å². The van der Waals surface area contributed by atoms with Crippen LogP contribution in [0.25, 0.3) is 10.9 Å². The van der Waals surface area contributed by atoms with Crippen LogP contribution in [0, 0.1) is 0 Å². The largest absolute Gasteiger partial charge is 0.355 e. The number of halogens is 1. The first-order valence-electron chi connectivity index (χ1n) is 6.58. The second kappa shape index (κ2) is 5.31. The zero-order valence-electron chi connectivity index (χ0n) is 11.0. The van der Waals surface area contributed by atoms with Gasteiger partial charge in [-0.05, 0) is 38.2 Å². The summed E-state index contributed by atoms with van der Waals surface area (Å²) in [6.45, 7) is 4.26. The maximum absolute atomic E-state index is 6.02. The lowest BCUT2D eigenvalue weighted by atomic mass is 10.2. The number of hydrogen-bond acceptors (Lipinski definition) is 4. The summed E-state index contributed by atoms with van der Waals surface area (Å²) in [7, 11) is 2.17. The molecule has 0 N–H and O–H groups in total. The second-order valence-corrected chi connectivity index (χ2v) is 5.44. The van der Waals surface area contributed by atoms with Crippen molar-refractivity contribution in [3.05, 3.63) is 29.5 Å². The molecule has 2 heterocycles. The van der Waals surface area contributed by atoms with Gasteiger partial charge in [-0.1, -0.05) is 11.6 Å². The van der Waals surface area contributed by atoms with E-state index in [2.05, 4.69) is 26.8 Å². The number of rotatable bonds is 1. The molecule has 1 aromatic carbocycles. The predicted molar refractivity (Wildman–Crippen MR) is 78.9 cm³/mol. The van der Waals surface area contributed by atoms with Gasteiger partial charge in [-0.2, -0.15) is 0 Å². The van der Waals surface area contributed by atoms with Crippen LogP contribution in [0.2, 0.25) is 5.02 Å². The average Bonchev–Trinajstić information content (AvgIpc) is 2.62. The van der Waals surface area contributed by atoms with Crippen LogP contribution < -0.4 is 4.90 Å². The molecule has 1 aliphatic heterocycles. The lowest BCUT2D eigenvalue weighted by molar-refractivity contribution is 0.360. The van der Waals surface area contributed by atoms with E-state index >= 15 is 0 Å². The fraction of sp³-hybridized carbons (Fsp3) is 0.429. The van der Waals surface area contributed by atoms with Crippen LogP contribution in [0.4, 0.5) is 5.82 Å². The van der Waals surface area contributed by atoms with E-state index in [1.807, 2.05) is 18.2 Å². The van der Waals surface area contributed by atoms with Gasteiger partial charge in [0.15, 0.2) is 0 Å². The Hall–Kier alpha value is -1.39. The van der Waals surface area contributed by atoms with Gasteiger partial charge >= 0.3 is 0 Å². The van der Waals surface area contributed by atoms with Gasteiger partial charge in [0.2, 0.25) is 0 Å². The van der Waals surface area contributed by atoms with Crippen molar-refractivity contribution in [1.29, 1.82) is 0 Å². The molecule has 0 bridgehead atoms. The monoisotopic (exact) mass is 276 g/mol. The summed E-state index contributed by atoms with van der Waals surface area (Å²) < 4.78 is 0. The molecule has 1 saturated heterocycles. The minimum absolute atomic E-state index is 0.716. The van der Waals surface area contributed by atoms with Crippen molar-refractivity contribution in [2.45, 2.75) is 6.42 Å². The molecule has 100 valence electrons. The van der Waals surface area contributed by atoms with Crippen LogP contribution in [0.1, 0.15) is 6.42 Å². The molecule has 3 rings (SSSR count). The first-order valence-corrected chi connectivity index (χ1v) is 6.95. The Morgan fingerprint density at radius 2 is 2.00 bits per heavy atom. The molecule has 0 saturated carbocycles. The van der Waals surface area contributed by atoms with Crippen molar-refractivity contribution in [2.75, 3.05) is 38.1 Å². The summed E-state index contributed by atoms with van der Waals surface area (Å²) in [6, 6.07) is 5.81. The fourth-order valence-electron chi connectivity index (χ4n) is 2.53. The van der Waals surface area contributed by atoms with Gasteiger partial charge in [0.05, 0.1) is 5.52 Å². The maximum atomic E-state index is 6.02. The zero-order chi connectivity index (χ0) is 13.2. The number of likely N-dealkylation sites (N-methyl/N-ethyl adjacent to an activating group) is 1. The number of nitrogens with zero attached hydrogens (tertiary/aromatic N) is 4. The minimum atomic E-state index is 0.716. The summed E-state index contributed by atoms with van der Waals surface area (Å²) in [5.41, 5.74) is 0.912. The van der Waals surface area contributed by atoms with E-state index in [1.54, 1.807) is 6.33 Å². The molecule has 19 heavy (non-hydrogen) atoms. The van der Waals surface area contributed by atoms with E-state index in [1.165, 1.54) is 0 Å². The maximum Gasteiger partial charge on any atom is 0.139 e. The summed E-state index contributed by atoms with van der Waals surface area (Å²) in [5.74, 6) is 1.02. The van der Waals surface area contributed by atoms with Gasteiger partial charge in [0.25, 0.3) is 0 Å². The van der Waals surface area contributed by atoms with E-state index in [0.29, 0.717) is 5.02 Å². The highest BCUT2D eigenvalue weighted by Crippen LogP contribution is 2.25. The first kappa shape index (κ1) is 12.6. The van der Waals surface area contributed by atoms with Crippen LogP contribution in [0.5, 0.6) is 0 Å². The van der Waals surface area contributed by atoms with Crippen LogP contribution in [-0.2, 0) is 0 Å². The van der Waals surface area contributed by atoms with E-state index in [9.17, 15) is 0 Å². The smallest absolute Gasteiger partial charge is 0.139 e. The van der Waals surface area contributed by atoms with Gasteiger partial charge in [-0.3, -0.25) is 0 Å². The molecular formula is C14H17ClN4. The number of fused-ring (bicyclic) bond motifs is 1. The lowest BCUT2D eigenvalue weighted by Crippen LogP contribution is -2.29. The van der Waals surface area contributed by atoms with Crippen LogP contribution in [0.3, 0.4) is 0 Å². The van der Waals surface area contributed by atoms with Crippen molar-refractivity contribution in [3.63, 3.8) is 0 Å². The third-order valence-electron chi connectivity index (χ3n) is 3.60. The van der Waals surface area contributed by atoms with Crippen LogP contribution >= 0.6 is 11.6 Å². The summed E-state index contributed by atoms with van der Waals surface area (Å²) in [4.78, 5) is 13.5. The Labute approximate surface area is 118 Å². The topological polar surface area (TPSA) is 32.3 Å². The predicted octanol–water partition coefficient (Wildman–Crippen LogP) is 2.43. The highest BCUT2D eigenvalue weighted by molar-refractivity contribution is 6.31. The Morgan fingerprint density at radius 1 is 1.11 bits per heavy atom. The Kier molecular flexibility index (Phi) is 3.53. The SMILES string of the molecule is CN1CCCN(c2ncnc3cc(Cl)ccc23)CC1. The Morgan fingerprint density at radius 3 is 2.89 bits per heavy atom. The molecule has 0 radical (unpaired) electrons. The molecule has 5 heteroatoms. The molecule has 4 nitrogen and oxygen atoms in total. The highest BCUT2D eigenvalue weighted by Gasteiger charge is 2.16. The van der Waals surface area contributed by atoms with E-state index in [-0.39, 0.29) is 0 Å². The Bertz CT molecular complexity index is 587. The molecule has 0 atom stereocenters.